The maximum Gasteiger partial charge on any atom is 0.257 e. The second-order valence-electron chi connectivity index (χ2n) is 7.54. The summed E-state index contributed by atoms with van der Waals surface area (Å²) in [5, 5.41) is 14.1. The molecule has 1 amide bonds. The van der Waals surface area contributed by atoms with Crippen molar-refractivity contribution in [2.45, 2.75) is 52.5 Å². The Bertz CT molecular complexity index is 759. The monoisotopic (exact) mass is 413 g/mol. The molecule has 2 rings (SSSR count). The van der Waals surface area contributed by atoms with Gasteiger partial charge in [0.1, 0.15) is 11.3 Å². The molecule has 164 valence electrons. The van der Waals surface area contributed by atoms with Gasteiger partial charge >= 0.3 is 0 Å². The molecule has 2 aromatic rings. The zero-order valence-electron chi connectivity index (χ0n) is 18.3. The first-order valence-electron chi connectivity index (χ1n) is 11.0. The lowest BCUT2D eigenvalue weighted by molar-refractivity contribution is -0.605. The van der Waals surface area contributed by atoms with Gasteiger partial charge in [0, 0.05) is 19.2 Å². The zero-order chi connectivity index (χ0) is 21.6. The smallest absolute Gasteiger partial charge is 0.257 e. The number of hydrogen-bond donors (Lipinski definition) is 1. The summed E-state index contributed by atoms with van der Waals surface area (Å²) < 4.78 is 6.49. The molecule has 30 heavy (non-hydrogen) atoms. The molecule has 0 unspecified atom stereocenters. The molecule has 0 bridgehead atoms. The Morgan fingerprint density at radius 1 is 1.10 bits per heavy atom. The molecular weight excluding hydrogens is 378 g/mol. The minimum atomic E-state index is -0.249. The highest BCUT2D eigenvalue weighted by atomic mass is 16.5. The van der Waals surface area contributed by atoms with E-state index in [0.717, 1.165) is 25.4 Å². The summed E-state index contributed by atoms with van der Waals surface area (Å²) in [7, 11) is 0. The zero-order valence-corrected chi connectivity index (χ0v) is 18.3. The molecule has 0 fully saturated rings. The molecular formula is C24H35N3O3. The van der Waals surface area contributed by atoms with E-state index in [4.69, 9.17) is 4.74 Å². The van der Waals surface area contributed by atoms with Gasteiger partial charge in [-0.3, -0.25) is 9.69 Å². The number of amides is 1. The van der Waals surface area contributed by atoms with E-state index in [2.05, 4.69) is 36.2 Å². The highest BCUT2D eigenvalue weighted by molar-refractivity contribution is 5.93. The van der Waals surface area contributed by atoms with E-state index in [1.54, 1.807) is 12.1 Å². The second kappa shape index (κ2) is 13.6. The van der Waals surface area contributed by atoms with E-state index in [9.17, 15) is 10.0 Å². The molecule has 0 aliphatic heterocycles. The fourth-order valence-electron chi connectivity index (χ4n) is 3.18. The van der Waals surface area contributed by atoms with Gasteiger partial charge < -0.3 is 15.3 Å². The van der Waals surface area contributed by atoms with Crippen molar-refractivity contribution in [1.29, 1.82) is 0 Å². The van der Waals surface area contributed by atoms with Crippen molar-refractivity contribution in [3.63, 3.8) is 0 Å². The summed E-state index contributed by atoms with van der Waals surface area (Å²) in [6.45, 7) is 8.70. The Balaban J connectivity index is 1.74. The Hall–Kier alpha value is -2.60. The molecule has 1 aromatic carbocycles. The largest absolute Gasteiger partial charge is 0.619 e. The maximum atomic E-state index is 12.0. The van der Waals surface area contributed by atoms with E-state index in [1.165, 1.54) is 43.6 Å². The first-order valence-corrected chi connectivity index (χ1v) is 11.0. The maximum absolute atomic E-state index is 12.0. The number of nitrogens with zero attached hydrogens (tertiary/aromatic N) is 2. The van der Waals surface area contributed by atoms with Crippen LogP contribution in [0.5, 0.6) is 5.75 Å². The number of unbranched alkanes of at least 4 members (excludes halogenated alkanes) is 2. The summed E-state index contributed by atoms with van der Waals surface area (Å²) in [5.41, 5.74) is 1.62. The number of hydrogen-bond acceptors (Lipinski definition) is 4. The normalized spacial score (nSPS) is 10.9. The molecule has 0 aliphatic rings. The first-order chi connectivity index (χ1) is 14.6. The predicted octanol–water partition coefficient (Wildman–Crippen LogP) is 3.92. The van der Waals surface area contributed by atoms with Gasteiger partial charge in [-0.1, -0.05) is 38.8 Å². The van der Waals surface area contributed by atoms with Crippen molar-refractivity contribution in [2.75, 3.05) is 26.2 Å². The summed E-state index contributed by atoms with van der Waals surface area (Å²) in [6.07, 6.45) is 8.19. The number of carbonyl (C=O) groups is 1. The third-order valence-corrected chi connectivity index (χ3v) is 4.87. The minimum Gasteiger partial charge on any atom is -0.619 e. The fraction of sp³-hybridized carbons (Fsp3) is 0.500. The van der Waals surface area contributed by atoms with Gasteiger partial charge in [0.25, 0.3) is 5.91 Å². The summed E-state index contributed by atoms with van der Waals surface area (Å²) >= 11 is 0. The number of pyridine rings is 1. The van der Waals surface area contributed by atoms with Gasteiger partial charge in [0.2, 0.25) is 0 Å². The molecule has 0 spiro atoms. The minimum absolute atomic E-state index is 0.249. The number of benzene rings is 1. The van der Waals surface area contributed by atoms with E-state index >= 15 is 0 Å². The summed E-state index contributed by atoms with van der Waals surface area (Å²) in [5.74, 6) is 0.613. The average molecular weight is 414 g/mol. The van der Waals surface area contributed by atoms with Crippen LogP contribution in [-0.4, -0.2) is 37.0 Å². The SMILES string of the molecule is CCCCN(CCCC)Cc1cccc(OCCCNC(=O)c2ccc[n+]([O-])c2)c1. The topological polar surface area (TPSA) is 68.5 Å². The molecule has 1 N–H and O–H groups in total. The third kappa shape index (κ3) is 8.82. The lowest BCUT2D eigenvalue weighted by atomic mass is 10.1. The predicted molar refractivity (Wildman–Crippen MR) is 119 cm³/mol. The number of ether oxygens (including phenoxy) is 1. The number of aromatic nitrogens is 1. The van der Waals surface area contributed by atoms with Crippen LogP contribution >= 0.6 is 0 Å². The lowest BCUT2D eigenvalue weighted by Gasteiger charge is -2.22. The van der Waals surface area contributed by atoms with Gasteiger partial charge in [-0.05, 0) is 56.1 Å². The summed E-state index contributed by atoms with van der Waals surface area (Å²) in [6, 6.07) is 11.5. The Morgan fingerprint density at radius 3 is 2.57 bits per heavy atom. The third-order valence-electron chi connectivity index (χ3n) is 4.87. The fourth-order valence-corrected chi connectivity index (χ4v) is 3.18. The lowest BCUT2D eigenvalue weighted by Crippen LogP contribution is -2.30. The molecule has 0 radical (unpaired) electrons. The summed E-state index contributed by atoms with van der Waals surface area (Å²) in [4.78, 5) is 14.5. The van der Waals surface area contributed by atoms with E-state index in [-0.39, 0.29) is 5.91 Å². The number of carbonyl (C=O) groups excluding carboxylic acids is 1. The van der Waals surface area contributed by atoms with Crippen molar-refractivity contribution in [1.82, 2.24) is 10.2 Å². The van der Waals surface area contributed by atoms with E-state index in [1.807, 2.05) is 12.1 Å². The van der Waals surface area contributed by atoms with Crippen LogP contribution in [0.15, 0.2) is 48.8 Å². The molecule has 0 saturated heterocycles. The molecule has 6 heteroatoms. The standard InChI is InChI=1S/C24H35N3O3/c1-3-5-14-26(15-6-4-2)19-21-10-7-12-23(18-21)30-17-9-13-25-24(28)22-11-8-16-27(29)20-22/h7-8,10-12,16,18,20H,3-6,9,13-15,17,19H2,1-2H3,(H,25,28). The van der Waals surface area contributed by atoms with E-state index < -0.39 is 0 Å². The van der Waals surface area contributed by atoms with Crippen LogP contribution in [0.3, 0.4) is 0 Å². The molecule has 1 heterocycles. The van der Waals surface area contributed by atoms with Crippen LogP contribution in [0, 0.1) is 5.21 Å². The Labute approximate surface area is 180 Å². The van der Waals surface area contributed by atoms with Crippen molar-refractivity contribution in [2.24, 2.45) is 0 Å². The molecule has 0 atom stereocenters. The molecule has 0 saturated carbocycles. The van der Waals surface area contributed by atoms with Crippen LogP contribution in [0.25, 0.3) is 0 Å². The molecule has 1 aromatic heterocycles. The van der Waals surface area contributed by atoms with Crippen molar-refractivity contribution in [3.05, 3.63) is 65.1 Å². The van der Waals surface area contributed by atoms with Gasteiger partial charge in [-0.15, -0.1) is 0 Å². The first kappa shape index (κ1) is 23.7. The van der Waals surface area contributed by atoms with Crippen LogP contribution in [0.2, 0.25) is 0 Å². The molecule has 0 aliphatic carbocycles. The van der Waals surface area contributed by atoms with Gasteiger partial charge in [-0.2, -0.15) is 4.73 Å². The van der Waals surface area contributed by atoms with Crippen molar-refractivity contribution >= 4 is 5.91 Å². The van der Waals surface area contributed by atoms with Gasteiger partial charge in [0.15, 0.2) is 12.4 Å². The highest BCUT2D eigenvalue weighted by Gasteiger charge is 2.08. The number of nitrogens with one attached hydrogen (secondary N) is 1. The quantitative estimate of drug-likeness (QED) is 0.290. The van der Waals surface area contributed by atoms with Gasteiger partial charge in [0.05, 0.1) is 6.61 Å². The second-order valence-corrected chi connectivity index (χ2v) is 7.54. The van der Waals surface area contributed by atoms with Crippen LogP contribution < -0.4 is 14.8 Å². The average Bonchev–Trinajstić information content (AvgIpc) is 2.75. The number of rotatable bonds is 14. The Kier molecular flexibility index (Phi) is 10.7. The highest BCUT2D eigenvalue weighted by Crippen LogP contribution is 2.16. The van der Waals surface area contributed by atoms with Crippen LogP contribution in [-0.2, 0) is 6.54 Å². The van der Waals surface area contributed by atoms with Crippen molar-refractivity contribution < 1.29 is 14.3 Å². The Morgan fingerprint density at radius 2 is 1.87 bits per heavy atom. The van der Waals surface area contributed by atoms with Crippen LogP contribution in [0.1, 0.15) is 61.9 Å². The van der Waals surface area contributed by atoms with Crippen LogP contribution in [0.4, 0.5) is 0 Å². The van der Waals surface area contributed by atoms with E-state index in [0.29, 0.717) is 29.9 Å². The molecule has 6 nitrogen and oxygen atoms in total. The van der Waals surface area contributed by atoms with Crippen molar-refractivity contribution in [3.8, 4) is 5.75 Å². The van der Waals surface area contributed by atoms with Gasteiger partial charge in [-0.25, -0.2) is 0 Å².